The number of hydrogen-bond donors (Lipinski definition) is 1. The first kappa shape index (κ1) is 21.6. The van der Waals surface area contributed by atoms with Crippen molar-refractivity contribution in [2.75, 3.05) is 11.9 Å². The quantitative estimate of drug-likeness (QED) is 0.383. The van der Waals surface area contributed by atoms with E-state index in [4.69, 9.17) is 4.74 Å². The zero-order valence-corrected chi connectivity index (χ0v) is 18.2. The summed E-state index contributed by atoms with van der Waals surface area (Å²) in [6, 6.07) is 13.3. The number of benzene rings is 2. The molecule has 30 heavy (non-hydrogen) atoms. The Hall–Kier alpha value is -3.08. The van der Waals surface area contributed by atoms with Crippen molar-refractivity contribution < 1.29 is 14.3 Å². The zero-order chi connectivity index (χ0) is 21.7. The van der Waals surface area contributed by atoms with Gasteiger partial charge in [-0.05, 0) is 68.1 Å². The van der Waals surface area contributed by atoms with Crippen LogP contribution in [0.15, 0.2) is 42.5 Å². The molecule has 0 aliphatic rings. The van der Waals surface area contributed by atoms with E-state index in [-0.39, 0.29) is 11.9 Å². The molecule has 1 amide bonds. The molecule has 0 bridgehead atoms. The van der Waals surface area contributed by atoms with Crippen LogP contribution in [0.3, 0.4) is 0 Å². The van der Waals surface area contributed by atoms with Gasteiger partial charge in [-0.3, -0.25) is 4.79 Å². The third-order valence-corrected chi connectivity index (χ3v) is 5.41. The van der Waals surface area contributed by atoms with Crippen molar-refractivity contribution in [3.05, 3.63) is 64.8 Å². The molecule has 1 N–H and O–H groups in total. The van der Waals surface area contributed by atoms with Gasteiger partial charge in [-0.1, -0.05) is 32.4 Å². The monoisotopic (exact) mass is 406 g/mol. The smallest absolute Gasteiger partial charge is 0.338 e. The van der Waals surface area contributed by atoms with Crippen LogP contribution in [0.5, 0.6) is 0 Å². The van der Waals surface area contributed by atoms with E-state index in [0.29, 0.717) is 30.1 Å². The molecule has 3 rings (SSSR count). The minimum absolute atomic E-state index is 0.180. The molecule has 1 heterocycles. The van der Waals surface area contributed by atoms with E-state index in [0.717, 1.165) is 35.7 Å². The third-order valence-electron chi connectivity index (χ3n) is 5.41. The third kappa shape index (κ3) is 4.40. The number of carbonyl (C=O) groups excluding carboxylic acids is 2. The number of carbonyl (C=O) groups is 2. The van der Waals surface area contributed by atoms with Gasteiger partial charge < -0.3 is 14.6 Å². The average Bonchev–Trinajstić information content (AvgIpc) is 3.05. The SMILES string of the molecule is CCCCOC(=O)c1cccc(NC(=O)c2c(C)c3cc(CC)ccc3n2CC)c1. The number of hydrogen-bond acceptors (Lipinski definition) is 3. The summed E-state index contributed by atoms with van der Waals surface area (Å²) in [5.74, 6) is -0.550. The second-order valence-corrected chi connectivity index (χ2v) is 7.45. The van der Waals surface area contributed by atoms with Crippen LogP contribution in [-0.4, -0.2) is 23.1 Å². The van der Waals surface area contributed by atoms with Crippen molar-refractivity contribution >= 4 is 28.5 Å². The van der Waals surface area contributed by atoms with Gasteiger partial charge in [-0.25, -0.2) is 4.79 Å². The van der Waals surface area contributed by atoms with E-state index < -0.39 is 0 Å². The predicted octanol–water partition coefficient (Wildman–Crippen LogP) is 5.74. The second-order valence-electron chi connectivity index (χ2n) is 7.45. The zero-order valence-electron chi connectivity index (χ0n) is 18.2. The Morgan fingerprint density at radius 2 is 1.87 bits per heavy atom. The molecule has 2 aromatic carbocycles. The summed E-state index contributed by atoms with van der Waals surface area (Å²) >= 11 is 0. The van der Waals surface area contributed by atoms with Crippen molar-refractivity contribution in [3.8, 4) is 0 Å². The Bertz CT molecular complexity index is 1070. The highest BCUT2D eigenvalue weighted by atomic mass is 16.5. The van der Waals surface area contributed by atoms with Gasteiger partial charge in [0.2, 0.25) is 0 Å². The van der Waals surface area contributed by atoms with E-state index >= 15 is 0 Å². The topological polar surface area (TPSA) is 60.3 Å². The summed E-state index contributed by atoms with van der Waals surface area (Å²) < 4.78 is 7.32. The summed E-state index contributed by atoms with van der Waals surface area (Å²) in [5.41, 5.74) is 4.94. The van der Waals surface area contributed by atoms with Gasteiger partial charge in [0.15, 0.2) is 0 Å². The minimum atomic E-state index is -0.370. The van der Waals surface area contributed by atoms with Crippen molar-refractivity contribution in [1.29, 1.82) is 0 Å². The van der Waals surface area contributed by atoms with Crippen LogP contribution in [0, 0.1) is 6.92 Å². The maximum Gasteiger partial charge on any atom is 0.338 e. The molecule has 3 aromatic rings. The lowest BCUT2D eigenvalue weighted by atomic mass is 10.1. The summed E-state index contributed by atoms with van der Waals surface area (Å²) in [5, 5.41) is 4.06. The summed E-state index contributed by atoms with van der Waals surface area (Å²) in [7, 11) is 0. The van der Waals surface area contributed by atoms with Crippen LogP contribution < -0.4 is 5.32 Å². The minimum Gasteiger partial charge on any atom is -0.462 e. The van der Waals surface area contributed by atoms with Crippen molar-refractivity contribution in [2.24, 2.45) is 0 Å². The molecule has 0 aliphatic carbocycles. The largest absolute Gasteiger partial charge is 0.462 e. The Morgan fingerprint density at radius 3 is 2.57 bits per heavy atom. The maximum atomic E-state index is 13.2. The molecule has 0 atom stereocenters. The van der Waals surface area contributed by atoms with Gasteiger partial charge in [0.1, 0.15) is 5.69 Å². The Morgan fingerprint density at radius 1 is 1.07 bits per heavy atom. The molecule has 0 saturated carbocycles. The Balaban J connectivity index is 1.88. The highest BCUT2D eigenvalue weighted by molar-refractivity contribution is 6.08. The van der Waals surface area contributed by atoms with Gasteiger partial charge in [-0.15, -0.1) is 0 Å². The summed E-state index contributed by atoms with van der Waals surface area (Å²) in [6.07, 6.45) is 2.76. The Kier molecular flexibility index (Phi) is 6.93. The van der Waals surface area contributed by atoms with Crippen molar-refractivity contribution in [2.45, 2.75) is 53.5 Å². The molecular formula is C25H30N2O3. The molecule has 0 unspecified atom stereocenters. The number of rotatable bonds is 8. The fourth-order valence-electron chi connectivity index (χ4n) is 3.72. The van der Waals surface area contributed by atoms with Crippen molar-refractivity contribution in [1.82, 2.24) is 4.57 Å². The molecule has 0 radical (unpaired) electrons. The van der Waals surface area contributed by atoms with Gasteiger partial charge in [0.05, 0.1) is 12.2 Å². The lowest BCUT2D eigenvalue weighted by molar-refractivity contribution is 0.0499. The first-order valence-corrected chi connectivity index (χ1v) is 10.7. The number of fused-ring (bicyclic) bond motifs is 1. The lowest BCUT2D eigenvalue weighted by Crippen LogP contribution is -2.18. The molecule has 0 spiro atoms. The number of nitrogens with one attached hydrogen (secondary N) is 1. The van der Waals surface area contributed by atoms with Crippen LogP contribution in [0.25, 0.3) is 10.9 Å². The standard InChI is InChI=1S/C25H30N2O3/c1-5-8-14-30-25(29)19-10-9-11-20(16-19)26-24(28)23-17(4)21-15-18(6-2)12-13-22(21)27(23)7-3/h9-13,15-16H,5-8,14H2,1-4H3,(H,26,28). The molecule has 5 nitrogen and oxygen atoms in total. The number of amides is 1. The number of anilines is 1. The van der Waals surface area contributed by atoms with E-state index in [2.05, 4.69) is 30.4 Å². The van der Waals surface area contributed by atoms with E-state index in [9.17, 15) is 9.59 Å². The normalized spacial score (nSPS) is 10.9. The van der Waals surface area contributed by atoms with Gasteiger partial charge >= 0.3 is 5.97 Å². The Labute approximate surface area is 178 Å². The number of ether oxygens (including phenoxy) is 1. The van der Waals surface area contributed by atoms with E-state index in [1.165, 1.54) is 5.56 Å². The summed E-state index contributed by atoms with van der Waals surface area (Å²) in [4.78, 5) is 25.4. The predicted molar refractivity (Wildman–Crippen MR) is 121 cm³/mol. The van der Waals surface area contributed by atoms with Crippen LogP contribution in [-0.2, 0) is 17.7 Å². The maximum absolute atomic E-state index is 13.2. The fourth-order valence-corrected chi connectivity index (χ4v) is 3.72. The molecule has 0 saturated heterocycles. The highest BCUT2D eigenvalue weighted by Crippen LogP contribution is 2.28. The number of nitrogens with zero attached hydrogens (tertiary/aromatic N) is 1. The van der Waals surface area contributed by atoms with Gasteiger partial charge in [-0.2, -0.15) is 0 Å². The average molecular weight is 407 g/mol. The number of unbranched alkanes of at least 4 members (excludes halogenated alkanes) is 1. The van der Waals surface area contributed by atoms with Crippen LogP contribution in [0.4, 0.5) is 5.69 Å². The number of aryl methyl sites for hydroxylation is 3. The second kappa shape index (κ2) is 9.61. The van der Waals surface area contributed by atoms with E-state index in [1.54, 1.807) is 24.3 Å². The van der Waals surface area contributed by atoms with Crippen LogP contribution in [0.2, 0.25) is 0 Å². The molecule has 5 heteroatoms. The molecule has 158 valence electrons. The highest BCUT2D eigenvalue weighted by Gasteiger charge is 2.20. The molecule has 0 fully saturated rings. The van der Waals surface area contributed by atoms with Crippen LogP contribution >= 0.6 is 0 Å². The van der Waals surface area contributed by atoms with E-state index in [1.807, 2.05) is 25.3 Å². The number of esters is 1. The first-order chi connectivity index (χ1) is 14.5. The molecular weight excluding hydrogens is 376 g/mol. The fraction of sp³-hybridized carbons (Fsp3) is 0.360. The van der Waals surface area contributed by atoms with Crippen molar-refractivity contribution in [3.63, 3.8) is 0 Å². The molecule has 0 aliphatic heterocycles. The lowest BCUT2D eigenvalue weighted by Gasteiger charge is -2.11. The summed E-state index contributed by atoms with van der Waals surface area (Å²) in [6.45, 7) is 9.30. The van der Waals surface area contributed by atoms with Gasteiger partial charge in [0, 0.05) is 23.1 Å². The molecule has 1 aromatic heterocycles. The first-order valence-electron chi connectivity index (χ1n) is 10.7. The number of aromatic nitrogens is 1. The van der Waals surface area contributed by atoms with Crippen LogP contribution in [0.1, 0.15) is 65.6 Å². The van der Waals surface area contributed by atoms with Gasteiger partial charge in [0.25, 0.3) is 5.91 Å².